The van der Waals surface area contributed by atoms with Gasteiger partial charge in [0, 0.05) is 17.8 Å². The Bertz CT molecular complexity index is 476. The van der Waals surface area contributed by atoms with Crippen LogP contribution in [0, 0.1) is 11.3 Å². The van der Waals surface area contributed by atoms with E-state index in [1.165, 1.54) is 4.88 Å². The minimum absolute atomic E-state index is 0.0531. The molecule has 0 unspecified atom stereocenters. The van der Waals surface area contributed by atoms with Gasteiger partial charge in [-0.2, -0.15) is 0 Å². The molecule has 1 fully saturated rings. The van der Waals surface area contributed by atoms with Gasteiger partial charge in [0.05, 0.1) is 5.41 Å². The molecule has 1 saturated carbocycles. The summed E-state index contributed by atoms with van der Waals surface area (Å²) >= 11 is 1.64. The number of hydrogen-bond donors (Lipinski definition) is 2. The molecule has 1 aliphatic rings. The first-order chi connectivity index (χ1) is 10.0. The van der Waals surface area contributed by atoms with Crippen molar-refractivity contribution in [3.8, 4) is 0 Å². The van der Waals surface area contributed by atoms with Gasteiger partial charge in [0.25, 0.3) is 0 Å². The zero-order chi connectivity index (χ0) is 15.3. The molecule has 5 heteroatoms. The van der Waals surface area contributed by atoms with Crippen molar-refractivity contribution in [3.63, 3.8) is 0 Å². The van der Waals surface area contributed by atoms with Crippen LogP contribution in [-0.4, -0.2) is 23.5 Å². The zero-order valence-electron chi connectivity index (χ0n) is 12.4. The first-order valence-electron chi connectivity index (χ1n) is 7.54. The molecule has 0 bridgehead atoms. The van der Waals surface area contributed by atoms with E-state index < -0.39 is 11.4 Å². The van der Waals surface area contributed by atoms with E-state index in [4.69, 9.17) is 0 Å². The molecule has 116 valence electrons. The Morgan fingerprint density at radius 1 is 1.43 bits per heavy atom. The fourth-order valence-electron chi connectivity index (χ4n) is 2.83. The van der Waals surface area contributed by atoms with E-state index in [1.54, 1.807) is 11.3 Å². The second-order valence-electron chi connectivity index (χ2n) is 6.12. The van der Waals surface area contributed by atoms with Crippen molar-refractivity contribution >= 4 is 23.2 Å². The van der Waals surface area contributed by atoms with Gasteiger partial charge < -0.3 is 10.4 Å². The summed E-state index contributed by atoms with van der Waals surface area (Å²) < 4.78 is 0. The number of nitrogens with one attached hydrogen (secondary N) is 1. The van der Waals surface area contributed by atoms with Crippen LogP contribution in [0.4, 0.5) is 0 Å². The first-order valence-corrected chi connectivity index (χ1v) is 8.42. The Hall–Kier alpha value is -1.36. The molecule has 1 aromatic heterocycles. The monoisotopic (exact) mass is 309 g/mol. The van der Waals surface area contributed by atoms with Crippen LogP contribution in [-0.2, 0) is 16.0 Å². The zero-order valence-corrected chi connectivity index (χ0v) is 13.2. The molecule has 21 heavy (non-hydrogen) atoms. The molecule has 2 rings (SSSR count). The van der Waals surface area contributed by atoms with E-state index in [9.17, 15) is 14.7 Å². The lowest BCUT2D eigenvalue weighted by Gasteiger charge is -2.35. The molecule has 0 spiro atoms. The summed E-state index contributed by atoms with van der Waals surface area (Å²) in [7, 11) is 0. The number of aryl methyl sites for hydroxylation is 1. The smallest absolute Gasteiger partial charge is 0.311 e. The predicted molar refractivity (Wildman–Crippen MR) is 83.4 cm³/mol. The summed E-state index contributed by atoms with van der Waals surface area (Å²) in [6.07, 6.45) is 4.32. The standard InChI is InChI=1S/C16H23NO3S/c1-12-6-8-16(9-7-12,15(19)20)11-17-14(18)5-4-13-3-2-10-21-13/h2-3,10,12H,4-9,11H2,1H3,(H,17,18)(H,19,20). The molecule has 0 atom stereocenters. The van der Waals surface area contributed by atoms with E-state index >= 15 is 0 Å². The third kappa shape index (κ3) is 4.30. The van der Waals surface area contributed by atoms with Crippen LogP contribution in [0.15, 0.2) is 17.5 Å². The van der Waals surface area contributed by atoms with Crippen molar-refractivity contribution in [2.24, 2.45) is 11.3 Å². The third-order valence-corrected chi connectivity index (χ3v) is 5.42. The predicted octanol–water partition coefficient (Wildman–Crippen LogP) is 3.08. The fraction of sp³-hybridized carbons (Fsp3) is 0.625. The van der Waals surface area contributed by atoms with Crippen molar-refractivity contribution in [2.75, 3.05) is 6.54 Å². The van der Waals surface area contributed by atoms with E-state index in [0.29, 0.717) is 25.2 Å². The SMILES string of the molecule is CC1CCC(CNC(=O)CCc2cccs2)(C(=O)O)CC1. The highest BCUT2D eigenvalue weighted by molar-refractivity contribution is 7.09. The molecule has 0 saturated heterocycles. The van der Waals surface area contributed by atoms with Crippen molar-refractivity contribution in [3.05, 3.63) is 22.4 Å². The highest BCUT2D eigenvalue weighted by atomic mass is 32.1. The van der Waals surface area contributed by atoms with Crippen molar-refractivity contribution in [2.45, 2.75) is 45.4 Å². The maximum atomic E-state index is 11.9. The summed E-state index contributed by atoms with van der Waals surface area (Å²) in [4.78, 5) is 24.7. The highest BCUT2D eigenvalue weighted by Gasteiger charge is 2.41. The van der Waals surface area contributed by atoms with Crippen molar-refractivity contribution in [1.82, 2.24) is 5.32 Å². The quantitative estimate of drug-likeness (QED) is 0.848. The van der Waals surface area contributed by atoms with Gasteiger partial charge in [-0.1, -0.05) is 13.0 Å². The number of thiophene rings is 1. The van der Waals surface area contributed by atoms with Crippen LogP contribution in [0.25, 0.3) is 0 Å². The molecular formula is C16H23NO3S. The average Bonchev–Trinajstić information content (AvgIpc) is 2.98. The van der Waals surface area contributed by atoms with E-state index in [-0.39, 0.29) is 12.5 Å². The summed E-state index contributed by atoms with van der Waals surface area (Å²) in [5.41, 5.74) is -0.759. The summed E-state index contributed by atoms with van der Waals surface area (Å²) in [6, 6.07) is 3.99. The van der Waals surface area contributed by atoms with Gasteiger partial charge in [-0.25, -0.2) is 0 Å². The minimum atomic E-state index is -0.770. The Labute approximate surface area is 129 Å². The Balaban J connectivity index is 1.81. The molecule has 1 heterocycles. The van der Waals surface area contributed by atoms with Crippen LogP contribution < -0.4 is 5.32 Å². The first kappa shape index (κ1) is 16.0. The van der Waals surface area contributed by atoms with Crippen molar-refractivity contribution in [1.29, 1.82) is 0 Å². The second kappa shape index (κ2) is 7.07. The van der Waals surface area contributed by atoms with Crippen LogP contribution in [0.3, 0.4) is 0 Å². The lowest BCUT2D eigenvalue weighted by molar-refractivity contribution is -0.151. The normalized spacial score (nSPS) is 25.5. The number of aliphatic carboxylic acids is 1. The van der Waals surface area contributed by atoms with E-state index in [2.05, 4.69) is 12.2 Å². The maximum absolute atomic E-state index is 11.9. The molecular weight excluding hydrogens is 286 g/mol. The average molecular weight is 309 g/mol. The number of carboxylic acid groups (broad SMARTS) is 1. The molecule has 0 aliphatic heterocycles. The minimum Gasteiger partial charge on any atom is -0.481 e. The van der Waals surface area contributed by atoms with Gasteiger partial charge in [0.2, 0.25) is 5.91 Å². The van der Waals surface area contributed by atoms with E-state index in [0.717, 1.165) is 19.3 Å². The van der Waals surface area contributed by atoms with Gasteiger partial charge in [0.1, 0.15) is 0 Å². The van der Waals surface area contributed by atoms with Gasteiger partial charge in [-0.05, 0) is 49.5 Å². The number of carbonyl (C=O) groups excluding carboxylic acids is 1. The Morgan fingerprint density at radius 2 is 2.14 bits per heavy atom. The molecule has 1 amide bonds. The van der Waals surface area contributed by atoms with Gasteiger partial charge in [-0.15, -0.1) is 11.3 Å². The molecule has 2 N–H and O–H groups in total. The molecule has 0 aromatic carbocycles. The second-order valence-corrected chi connectivity index (χ2v) is 7.16. The number of hydrogen-bond acceptors (Lipinski definition) is 3. The number of carbonyl (C=O) groups is 2. The van der Waals surface area contributed by atoms with Crippen LogP contribution in [0.1, 0.15) is 43.9 Å². The maximum Gasteiger partial charge on any atom is 0.311 e. The highest BCUT2D eigenvalue weighted by Crippen LogP contribution is 2.38. The number of rotatable bonds is 6. The van der Waals surface area contributed by atoms with Crippen LogP contribution in [0.5, 0.6) is 0 Å². The van der Waals surface area contributed by atoms with Gasteiger partial charge >= 0.3 is 5.97 Å². The molecule has 1 aromatic rings. The molecule has 1 aliphatic carbocycles. The fourth-order valence-corrected chi connectivity index (χ4v) is 3.54. The largest absolute Gasteiger partial charge is 0.481 e. The van der Waals surface area contributed by atoms with E-state index in [1.807, 2.05) is 17.5 Å². The Morgan fingerprint density at radius 3 is 2.71 bits per heavy atom. The number of amides is 1. The lowest BCUT2D eigenvalue weighted by Crippen LogP contribution is -2.45. The summed E-state index contributed by atoms with van der Waals surface area (Å²) in [5.74, 6) is -0.234. The van der Waals surface area contributed by atoms with Crippen LogP contribution in [0.2, 0.25) is 0 Å². The van der Waals surface area contributed by atoms with Crippen molar-refractivity contribution < 1.29 is 14.7 Å². The summed E-state index contributed by atoms with van der Waals surface area (Å²) in [6.45, 7) is 2.42. The topological polar surface area (TPSA) is 66.4 Å². The van der Waals surface area contributed by atoms with Crippen LogP contribution >= 0.6 is 11.3 Å². The Kier molecular flexibility index (Phi) is 5.39. The van der Waals surface area contributed by atoms with Gasteiger partial charge in [-0.3, -0.25) is 9.59 Å². The molecule has 4 nitrogen and oxygen atoms in total. The van der Waals surface area contributed by atoms with Gasteiger partial charge in [0.15, 0.2) is 0 Å². The third-order valence-electron chi connectivity index (χ3n) is 4.49. The summed E-state index contributed by atoms with van der Waals surface area (Å²) in [5, 5.41) is 14.4. The molecule has 0 radical (unpaired) electrons. The lowest BCUT2D eigenvalue weighted by atomic mass is 9.71. The number of carboxylic acids is 1.